The molecule has 0 bridgehead atoms. The van der Waals surface area contributed by atoms with Crippen LogP contribution in [-0.4, -0.2) is 52.9 Å². The van der Waals surface area contributed by atoms with E-state index in [9.17, 15) is 23.1 Å². The van der Waals surface area contributed by atoms with Crippen molar-refractivity contribution in [3.05, 3.63) is 70.5 Å². The largest absolute Gasteiger partial charge is 0.456 e. The molecule has 1 aliphatic rings. The molecule has 0 spiro atoms. The number of rotatable bonds is 11. The second-order valence-corrected chi connectivity index (χ2v) is 10.6. The minimum Gasteiger partial charge on any atom is -0.456 e. The first-order chi connectivity index (χ1) is 19.9. The van der Waals surface area contributed by atoms with Crippen LogP contribution in [0.25, 0.3) is 6.08 Å². The van der Waals surface area contributed by atoms with Crippen molar-refractivity contribution in [3.63, 3.8) is 0 Å². The molecule has 0 unspecified atom stereocenters. The first-order valence-corrected chi connectivity index (χ1v) is 13.6. The summed E-state index contributed by atoms with van der Waals surface area (Å²) in [6.45, 7) is 4.91. The monoisotopic (exact) mass is 605 g/mol. The highest BCUT2D eigenvalue weighted by Gasteiger charge is 2.30. The lowest BCUT2D eigenvalue weighted by Gasteiger charge is -2.16. The number of nitrogens with one attached hydrogen (secondary N) is 3. The van der Waals surface area contributed by atoms with Crippen LogP contribution in [0.15, 0.2) is 54.4 Å². The summed E-state index contributed by atoms with van der Waals surface area (Å²) >= 11 is 6.39. The molecule has 0 saturated carbocycles. The van der Waals surface area contributed by atoms with Gasteiger partial charge in [-0.05, 0) is 69.2 Å². The SMILES string of the molecule is CC(C)(O)CCOCCNC(=O)C1=Cc2c(ncnc2Nc2ccc(Oc3cccc(C(F)(F)F)c3)c(Cl)c2)NCC1. The maximum absolute atomic E-state index is 13.0. The Kier molecular flexibility index (Phi) is 9.92. The Morgan fingerprint density at radius 1 is 1.14 bits per heavy atom. The standard InChI is InChI=1S/C29H31ClF3N5O4/c1-28(2,40)9-12-41-13-11-35-27(39)18-8-10-34-25-22(14-18)26(37-17-36-25)38-20-6-7-24(23(30)16-20)42-21-5-3-4-19(15-21)29(31,32)33/h3-7,14-17,40H,8-13H2,1-2H3,(H,35,39)(H2,34,36,37,38). The van der Waals surface area contributed by atoms with Crippen LogP contribution in [0.5, 0.6) is 11.5 Å². The van der Waals surface area contributed by atoms with Crippen molar-refractivity contribution in [3.8, 4) is 11.5 Å². The van der Waals surface area contributed by atoms with Gasteiger partial charge < -0.3 is 30.5 Å². The number of aromatic nitrogens is 2. The van der Waals surface area contributed by atoms with E-state index in [1.165, 1.54) is 24.5 Å². The number of anilines is 3. The summed E-state index contributed by atoms with van der Waals surface area (Å²) in [5, 5.41) is 19.1. The second-order valence-electron chi connectivity index (χ2n) is 10.2. The lowest BCUT2D eigenvalue weighted by atomic mass is 10.1. The van der Waals surface area contributed by atoms with Crippen molar-refractivity contribution in [2.24, 2.45) is 0 Å². The molecule has 9 nitrogen and oxygen atoms in total. The van der Waals surface area contributed by atoms with E-state index in [1.807, 2.05) is 0 Å². The number of ether oxygens (including phenoxy) is 2. The van der Waals surface area contributed by atoms with Gasteiger partial charge in [0.1, 0.15) is 29.5 Å². The van der Waals surface area contributed by atoms with Gasteiger partial charge in [0.15, 0.2) is 0 Å². The zero-order valence-electron chi connectivity index (χ0n) is 23.0. The Labute approximate surface area is 246 Å². The molecule has 1 amide bonds. The number of hydrogen-bond acceptors (Lipinski definition) is 8. The summed E-state index contributed by atoms with van der Waals surface area (Å²) in [6.07, 6.45) is -0.460. The number of hydrogen-bond donors (Lipinski definition) is 4. The summed E-state index contributed by atoms with van der Waals surface area (Å²) in [6, 6.07) is 9.25. The topological polar surface area (TPSA) is 118 Å². The number of fused-ring (bicyclic) bond motifs is 1. The normalized spacial score (nSPS) is 13.4. The van der Waals surface area contributed by atoms with Crippen LogP contribution in [0, 0.1) is 0 Å². The minimum absolute atomic E-state index is 0.00348. The van der Waals surface area contributed by atoms with Crippen molar-refractivity contribution >= 4 is 40.9 Å². The quantitative estimate of drug-likeness (QED) is 0.192. The van der Waals surface area contributed by atoms with Gasteiger partial charge in [0, 0.05) is 31.0 Å². The number of carbonyl (C=O) groups is 1. The van der Waals surface area contributed by atoms with Gasteiger partial charge in [0.2, 0.25) is 5.91 Å². The molecule has 4 N–H and O–H groups in total. The van der Waals surface area contributed by atoms with Crippen molar-refractivity contribution in [2.75, 3.05) is 36.9 Å². The molecular weight excluding hydrogens is 575 g/mol. The molecule has 2 aromatic carbocycles. The van der Waals surface area contributed by atoms with Gasteiger partial charge in [-0.1, -0.05) is 17.7 Å². The smallest absolute Gasteiger partial charge is 0.416 e. The first kappa shape index (κ1) is 31.1. The Hall–Kier alpha value is -3.87. The lowest BCUT2D eigenvalue weighted by Crippen LogP contribution is -2.29. The summed E-state index contributed by atoms with van der Waals surface area (Å²) in [4.78, 5) is 21.5. The number of benzene rings is 2. The van der Waals surface area contributed by atoms with Crippen LogP contribution in [-0.2, 0) is 15.7 Å². The lowest BCUT2D eigenvalue weighted by molar-refractivity contribution is -0.137. The van der Waals surface area contributed by atoms with Crippen LogP contribution in [0.3, 0.4) is 0 Å². The van der Waals surface area contributed by atoms with Gasteiger partial charge in [0.05, 0.1) is 28.4 Å². The molecule has 0 aliphatic carbocycles. The molecule has 4 rings (SSSR count). The van der Waals surface area contributed by atoms with E-state index in [0.717, 1.165) is 12.1 Å². The molecule has 1 aliphatic heterocycles. The highest BCUT2D eigenvalue weighted by molar-refractivity contribution is 6.32. The van der Waals surface area contributed by atoms with Gasteiger partial charge in [-0.25, -0.2) is 9.97 Å². The third-order valence-corrected chi connectivity index (χ3v) is 6.45. The highest BCUT2D eigenvalue weighted by Crippen LogP contribution is 2.36. The fourth-order valence-electron chi connectivity index (χ4n) is 3.95. The van der Waals surface area contributed by atoms with Crippen molar-refractivity contribution in [1.82, 2.24) is 15.3 Å². The Morgan fingerprint density at radius 2 is 1.95 bits per heavy atom. The molecule has 42 heavy (non-hydrogen) atoms. The zero-order chi connectivity index (χ0) is 30.3. The third kappa shape index (κ3) is 8.81. The minimum atomic E-state index is -4.50. The van der Waals surface area contributed by atoms with E-state index in [1.54, 1.807) is 32.1 Å². The third-order valence-electron chi connectivity index (χ3n) is 6.15. The molecule has 0 fully saturated rings. The molecule has 0 saturated heterocycles. The van der Waals surface area contributed by atoms with Gasteiger partial charge in [-0.2, -0.15) is 13.2 Å². The van der Waals surface area contributed by atoms with Gasteiger partial charge in [-0.3, -0.25) is 4.79 Å². The molecule has 3 aromatic rings. The van der Waals surface area contributed by atoms with Crippen LogP contribution in [0.2, 0.25) is 5.02 Å². The van der Waals surface area contributed by atoms with E-state index < -0.39 is 17.3 Å². The summed E-state index contributed by atoms with van der Waals surface area (Å²) in [7, 11) is 0. The molecule has 1 aromatic heterocycles. The van der Waals surface area contributed by atoms with Gasteiger partial charge in [-0.15, -0.1) is 0 Å². The number of alkyl halides is 3. The molecule has 0 atom stereocenters. The molecule has 224 valence electrons. The Bertz CT molecular complexity index is 1440. The molecule has 0 radical (unpaired) electrons. The van der Waals surface area contributed by atoms with Gasteiger partial charge >= 0.3 is 6.18 Å². The van der Waals surface area contributed by atoms with Crippen LogP contribution >= 0.6 is 11.6 Å². The Morgan fingerprint density at radius 3 is 2.69 bits per heavy atom. The number of amides is 1. The summed E-state index contributed by atoms with van der Waals surface area (Å²) in [5.41, 5.74) is -0.00972. The number of halogens is 4. The average Bonchev–Trinajstić information content (AvgIpc) is 3.15. The van der Waals surface area contributed by atoms with Crippen LogP contribution in [0.1, 0.15) is 37.8 Å². The van der Waals surface area contributed by atoms with Crippen molar-refractivity contribution in [2.45, 2.75) is 38.5 Å². The molecule has 2 heterocycles. The van der Waals surface area contributed by atoms with Crippen LogP contribution in [0.4, 0.5) is 30.5 Å². The second kappa shape index (κ2) is 13.4. The van der Waals surface area contributed by atoms with Crippen LogP contribution < -0.4 is 20.7 Å². The van der Waals surface area contributed by atoms with E-state index in [2.05, 4.69) is 25.9 Å². The molecule has 13 heteroatoms. The molecular formula is C29H31ClF3N5O4. The zero-order valence-corrected chi connectivity index (χ0v) is 23.8. The maximum Gasteiger partial charge on any atom is 0.416 e. The summed E-state index contributed by atoms with van der Waals surface area (Å²) < 4.78 is 50.2. The van der Waals surface area contributed by atoms with E-state index in [-0.39, 0.29) is 22.4 Å². The fourth-order valence-corrected chi connectivity index (χ4v) is 4.17. The van der Waals surface area contributed by atoms with E-state index in [4.69, 9.17) is 21.1 Å². The van der Waals surface area contributed by atoms with Crippen molar-refractivity contribution in [1.29, 1.82) is 0 Å². The maximum atomic E-state index is 13.0. The number of nitrogens with zero attached hydrogens (tertiary/aromatic N) is 2. The number of aliphatic hydroxyl groups is 1. The van der Waals surface area contributed by atoms with E-state index >= 15 is 0 Å². The first-order valence-electron chi connectivity index (χ1n) is 13.2. The summed E-state index contributed by atoms with van der Waals surface area (Å²) in [5.74, 6) is 0.881. The van der Waals surface area contributed by atoms with Crippen molar-refractivity contribution < 1.29 is 32.5 Å². The average molecular weight is 606 g/mol. The predicted molar refractivity (Wildman–Crippen MR) is 154 cm³/mol. The van der Waals surface area contributed by atoms with E-state index in [0.29, 0.717) is 67.6 Å². The number of carbonyl (C=O) groups excluding carboxylic acids is 1. The fraction of sp³-hybridized carbons (Fsp3) is 0.345. The predicted octanol–water partition coefficient (Wildman–Crippen LogP) is 6.18. The highest BCUT2D eigenvalue weighted by atomic mass is 35.5. The Balaban J connectivity index is 1.43. The van der Waals surface area contributed by atoms with Gasteiger partial charge in [0.25, 0.3) is 0 Å².